The molecule has 6 heteroatoms. The summed E-state index contributed by atoms with van der Waals surface area (Å²) in [5.74, 6) is 0.465. The number of fused-ring (bicyclic) bond motifs is 3. The Kier molecular flexibility index (Phi) is 8.62. The van der Waals surface area contributed by atoms with Gasteiger partial charge in [0.1, 0.15) is 0 Å². The van der Waals surface area contributed by atoms with Gasteiger partial charge in [0, 0.05) is 38.6 Å². The van der Waals surface area contributed by atoms with Gasteiger partial charge >= 0.3 is 6.18 Å². The lowest BCUT2D eigenvalue weighted by Crippen LogP contribution is -2.06. The summed E-state index contributed by atoms with van der Waals surface area (Å²) in [6.07, 6.45) is -4.53. The molecular formula is C50H36F3N3. The van der Waals surface area contributed by atoms with Gasteiger partial charge in [-0.3, -0.25) is 0 Å². The first-order valence-electron chi connectivity index (χ1n) is 18.6. The molecule has 9 aromatic rings. The van der Waals surface area contributed by atoms with Gasteiger partial charge in [0.25, 0.3) is 0 Å². The Hall–Kier alpha value is -6.79. The van der Waals surface area contributed by atoms with Crippen LogP contribution in [0.1, 0.15) is 22.3 Å². The first-order valence-corrected chi connectivity index (χ1v) is 18.6. The Morgan fingerprint density at radius 3 is 1.43 bits per heavy atom. The van der Waals surface area contributed by atoms with Crippen LogP contribution in [0.25, 0.3) is 83.6 Å². The van der Waals surface area contributed by atoms with Gasteiger partial charge in [0.15, 0.2) is 5.82 Å². The monoisotopic (exact) mass is 735 g/mol. The molecule has 0 unspecified atom stereocenters. The molecular weight excluding hydrogens is 700 g/mol. The fourth-order valence-corrected chi connectivity index (χ4v) is 7.70. The predicted octanol–water partition coefficient (Wildman–Crippen LogP) is 13.9. The van der Waals surface area contributed by atoms with Crippen molar-refractivity contribution in [3.8, 4) is 61.8 Å². The molecule has 7 aromatic carbocycles. The Bertz CT molecular complexity index is 2810. The third kappa shape index (κ3) is 6.43. The van der Waals surface area contributed by atoms with Crippen molar-refractivity contribution in [3.05, 3.63) is 186 Å². The quantitative estimate of drug-likeness (QED) is 0.170. The second-order valence-corrected chi connectivity index (χ2v) is 14.4. The van der Waals surface area contributed by atoms with Crippen LogP contribution in [-0.4, -0.2) is 14.5 Å². The van der Waals surface area contributed by atoms with Gasteiger partial charge in [-0.25, -0.2) is 9.97 Å². The standard InChI is InChI=1S/C50H36F3N3/c1-31-12-10-17-36(24-31)40-28-38(49-54-44(34-13-6-4-7-14-34)30-45(55-49)35-15-8-5-9-16-35)29-41(37-18-11-19-39(27-37)50(51,52)53)48(40)56-46-22-20-32(2)25-42(46)43-26-33(3)21-23-47(43)56/h4-30H,1-3H3. The minimum absolute atomic E-state index is 0.433. The first-order chi connectivity index (χ1) is 27.1. The molecule has 2 heterocycles. The molecule has 0 atom stereocenters. The van der Waals surface area contributed by atoms with Crippen LogP contribution < -0.4 is 0 Å². The third-order valence-electron chi connectivity index (χ3n) is 10.4. The van der Waals surface area contributed by atoms with Gasteiger partial charge < -0.3 is 4.57 Å². The molecule has 0 saturated heterocycles. The molecule has 2 aromatic heterocycles. The van der Waals surface area contributed by atoms with Crippen molar-refractivity contribution in [2.75, 3.05) is 0 Å². The maximum atomic E-state index is 14.5. The lowest BCUT2D eigenvalue weighted by molar-refractivity contribution is -0.137. The Morgan fingerprint density at radius 1 is 0.429 bits per heavy atom. The molecule has 0 N–H and O–H groups in total. The maximum Gasteiger partial charge on any atom is 0.416 e. The number of benzene rings is 7. The highest BCUT2D eigenvalue weighted by Gasteiger charge is 2.31. The van der Waals surface area contributed by atoms with Crippen LogP contribution >= 0.6 is 0 Å². The number of hydrogen-bond donors (Lipinski definition) is 0. The largest absolute Gasteiger partial charge is 0.416 e. The van der Waals surface area contributed by atoms with Crippen LogP contribution in [0.2, 0.25) is 0 Å². The summed E-state index contributed by atoms with van der Waals surface area (Å²) in [6.45, 7) is 6.20. The summed E-state index contributed by atoms with van der Waals surface area (Å²) in [5.41, 5.74) is 12.1. The molecule has 0 amide bonds. The van der Waals surface area contributed by atoms with Crippen molar-refractivity contribution in [1.29, 1.82) is 0 Å². The summed E-state index contributed by atoms with van der Waals surface area (Å²) in [4.78, 5) is 10.3. The topological polar surface area (TPSA) is 30.7 Å². The zero-order valence-electron chi connectivity index (χ0n) is 31.1. The van der Waals surface area contributed by atoms with Gasteiger partial charge in [-0.15, -0.1) is 0 Å². The van der Waals surface area contributed by atoms with Crippen LogP contribution in [0.5, 0.6) is 0 Å². The first kappa shape index (κ1) is 34.9. The van der Waals surface area contributed by atoms with E-state index in [2.05, 4.69) is 73.0 Å². The van der Waals surface area contributed by atoms with E-state index in [1.165, 1.54) is 12.1 Å². The summed E-state index contributed by atoms with van der Waals surface area (Å²) < 4.78 is 45.6. The Balaban J connectivity index is 1.44. The molecule has 3 nitrogen and oxygen atoms in total. The number of aryl methyl sites for hydroxylation is 3. The average Bonchev–Trinajstić information content (AvgIpc) is 3.52. The molecule has 56 heavy (non-hydrogen) atoms. The predicted molar refractivity (Wildman–Crippen MR) is 223 cm³/mol. The Labute approximate surface area is 323 Å². The summed E-state index contributed by atoms with van der Waals surface area (Å²) in [6, 6.07) is 52.6. The highest BCUT2D eigenvalue weighted by Crippen LogP contribution is 2.45. The molecule has 0 aliphatic heterocycles. The summed E-state index contributed by atoms with van der Waals surface area (Å²) >= 11 is 0. The van der Waals surface area contributed by atoms with Gasteiger partial charge in [0.2, 0.25) is 0 Å². The van der Waals surface area contributed by atoms with E-state index >= 15 is 0 Å². The zero-order valence-corrected chi connectivity index (χ0v) is 31.1. The molecule has 0 aliphatic rings. The van der Waals surface area contributed by atoms with Crippen LogP contribution in [0, 0.1) is 20.8 Å². The van der Waals surface area contributed by atoms with Crippen LogP contribution in [0.3, 0.4) is 0 Å². The molecule has 0 fully saturated rings. The highest BCUT2D eigenvalue weighted by molar-refractivity contribution is 6.11. The molecule has 0 aliphatic carbocycles. The minimum Gasteiger partial charge on any atom is -0.308 e. The van der Waals surface area contributed by atoms with E-state index in [-0.39, 0.29) is 0 Å². The van der Waals surface area contributed by atoms with Crippen molar-refractivity contribution in [2.45, 2.75) is 26.9 Å². The Morgan fingerprint density at radius 2 is 0.911 bits per heavy atom. The van der Waals surface area contributed by atoms with Gasteiger partial charge in [-0.2, -0.15) is 13.2 Å². The lowest BCUT2D eigenvalue weighted by atomic mass is 9.91. The van der Waals surface area contributed by atoms with E-state index in [0.717, 1.165) is 83.9 Å². The number of halogens is 3. The van der Waals surface area contributed by atoms with E-state index in [0.29, 0.717) is 22.5 Å². The molecule has 272 valence electrons. The third-order valence-corrected chi connectivity index (χ3v) is 10.4. The number of aromatic nitrogens is 3. The normalized spacial score (nSPS) is 11.8. The van der Waals surface area contributed by atoms with Crippen LogP contribution in [-0.2, 0) is 6.18 Å². The highest BCUT2D eigenvalue weighted by atomic mass is 19.4. The lowest BCUT2D eigenvalue weighted by Gasteiger charge is -2.22. The van der Waals surface area contributed by atoms with Crippen LogP contribution in [0.15, 0.2) is 164 Å². The fraction of sp³-hybridized carbons (Fsp3) is 0.0800. The van der Waals surface area contributed by atoms with E-state index in [4.69, 9.17) is 9.97 Å². The molecule has 0 spiro atoms. The second kappa shape index (κ2) is 13.8. The molecule has 0 radical (unpaired) electrons. The van der Waals surface area contributed by atoms with Crippen molar-refractivity contribution in [2.24, 2.45) is 0 Å². The van der Waals surface area contributed by atoms with Crippen molar-refractivity contribution < 1.29 is 13.2 Å². The smallest absolute Gasteiger partial charge is 0.308 e. The van der Waals surface area contributed by atoms with E-state index < -0.39 is 11.7 Å². The van der Waals surface area contributed by atoms with Crippen molar-refractivity contribution in [1.82, 2.24) is 14.5 Å². The average molecular weight is 736 g/mol. The second-order valence-electron chi connectivity index (χ2n) is 14.4. The number of nitrogens with zero attached hydrogens (tertiary/aromatic N) is 3. The van der Waals surface area contributed by atoms with E-state index in [9.17, 15) is 13.2 Å². The minimum atomic E-state index is -4.53. The number of rotatable bonds is 6. The molecule has 9 rings (SSSR count). The maximum absolute atomic E-state index is 14.5. The van der Waals surface area contributed by atoms with Crippen molar-refractivity contribution >= 4 is 21.8 Å². The van der Waals surface area contributed by atoms with Gasteiger partial charge in [-0.05, 0) is 86.5 Å². The van der Waals surface area contributed by atoms with Crippen LogP contribution in [0.4, 0.5) is 13.2 Å². The summed E-state index contributed by atoms with van der Waals surface area (Å²) in [5, 5.41) is 2.15. The molecule has 0 saturated carbocycles. The van der Waals surface area contributed by atoms with Gasteiger partial charge in [0.05, 0.1) is 33.7 Å². The van der Waals surface area contributed by atoms with Gasteiger partial charge in [-0.1, -0.05) is 126 Å². The van der Waals surface area contributed by atoms with E-state index in [1.54, 1.807) is 6.07 Å². The fourth-order valence-electron chi connectivity index (χ4n) is 7.70. The van der Waals surface area contributed by atoms with Crippen molar-refractivity contribution in [3.63, 3.8) is 0 Å². The SMILES string of the molecule is Cc1cccc(-c2cc(-c3nc(-c4ccccc4)cc(-c4ccccc4)n3)cc(-c3cccc(C(F)(F)F)c3)c2-n2c3ccc(C)cc3c3cc(C)ccc32)c1. The summed E-state index contributed by atoms with van der Waals surface area (Å²) in [7, 11) is 0. The number of hydrogen-bond acceptors (Lipinski definition) is 2. The number of alkyl halides is 3. The molecule has 0 bridgehead atoms. The zero-order chi connectivity index (χ0) is 38.6. The van der Waals surface area contributed by atoms with E-state index in [1.807, 2.05) is 91.9 Å².